The van der Waals surface area contributed by atoms with Gasteiger partial charge in [0.25, 0.3) is 0 Å². The average Bonchev–Trinajstić information content (AvgIpc) is 2.28. The van der Waals surface area contributed by atoms with Gasteiger partial charge in [-0.15, -0.1) is 0 Å². The first kappa shape index (κ1) is 13.0. The number of hydrogen-bond acceptors (Lipinski definition) is 2. The van der Waals surface area contributed by atoms with Crippen LogP contribution in [0.5, 0.6) is 5.75 Å². The maximum absolute atomic E-state index is 13.6. The highest BCUT2D eigenvalue weighted by atomic mass is 19.1. The van der Waals surface area contributed by atoms with E-state index in [2.05, 4.69) is 13.8 Å². The van der Waals surface area contributed by atoms with Crippen LogP contribution >= 0.6 is 0 Å². The minimum Gasteiger partial charge on any atom is -0.489 e. The fourth-order valence-corrected chi connectivity index (χ4v) is 1.56. The van der Waals surface area contributed by atoms with Crippen molar-refractivity contribution in [1.82, 2.24) is 0 Å². The van der Waals surface area contributed by atoms with Gasteiger partial charge in [0.2, 0.25) is 0 Å². The highest BCUT2D eigenvalue weighted by Gasteiger charge is 2.11. The van der Waals surface area contributed by atoms with Crippen LogP contribution in [0.3, 0.4) is 0 Å². The van der Waals surface area contributed by atoms with E-state index in [1.807, 2.05) is 6.07 Å². The van der Waals surface area contributed by atoms with Crippen LogP contribution in [0, 0.1) is 11.7 Å². The predicted molar refractivity (Wildman–Crippen MR) is 64.1 cm³/mol. The summed E-state index contributed by atoms with van der Waals surface area (Å²) in [5.41, 5.74) is 6.29. The van der Waals surface area contributed by atoms with E-state index in [1.54, 1.807) is 6.07 Å². The summed E-state index contributed by atoms with van der Waals surface area (Å²) in [6, 6.07) is 5.06. The summed E-state index contributed by atoms with van der Waals surface area (Å²) < 4.78 is 18.9. The van der Waals surface area contributed by atoms with Crippen LogP contribution in [0.4, 0.5) is 4.39 Å². The second kappa shape index (κ2) is 6.48. The molecule has 0 bridgehead atoms. The Kier molecular flexibility index (Phi) is 5.26. The molecule has 0 aliphatic rings. The molecule has 2 N–H and O–H groups in total. The molecule has 0 heterocycles. The normalized spacial score (nSPS) is 12.5. The van der Waals surface area contributed by atoms with E-state index in [4.69, 9.17) is 10.5 Å². The maximum Gasteiger partial charge on any atom is 0.165 e. The lowest BCUT2D eigenvalue weighted by Crippen LogP contribution is -2.13. The van der Waals surface area contributed by atoms with Gasteiger partial charge in [0.05, 0.1) is 0 Å². The van der Waals surface area contributed by atoms with E-state index < -0.39 is 0 Å². The molecule has 0 aliphatic carbocycles. The Morgan fingerprint density at radius 3 is 2.81 bits per heavy atom. The molecule has 1 aromatic carbocycles. The molecule has 0 aliphatic heterocycles. The Bertz CT molecular complexity index is 328. The van der Waals surface area contributed by atoms with Crippen LogP contribution in [-0.4, -0.2) is 13.2 Å². The monoisotopic (exact) mass is 225 g/mol. The molecule has 16 heavy (non-hydrogen) atoms. The summed E-state index contributed by atoms with van der Waals surface area (Å²) in [5, 5.41) is 0. The molecule has 1 atom stereocenters. The average molecular weight is 225 g/mol. The van der Waals surface area contributed by atoms with Gasteiger partial charge in [-0.25, -0.2) is 4.39 Å². The number of benzene rings is 1. The van der Waals surface area contributed by atoms with Crippen molar-refractivity contribution in [2.75, 3.05) is 13.2 Å². The van der Waals surface area contributed by atoms with Crippen molar-refractivity contribution >= 4 is 0 Å². The van der Waals surface area contributed by atoms with Gasteiger partial charge in [0, 0.05) is 6.54 Å². The third-order valence-electron chi connectivity index (χ3n) is 2.68. The molecule has 0 unspecified atom stereocenters. The number of nitrogens with two attached hydrogens (primary N) is 1. The van der Waals surface area contributed by atoms with Gasteiger partial charge < -0.3 is 10.5 Å². The van der Waals surface area contributed by atoms with Crippen molar-refractivity contribution < 1.29 is 9.13 Å². The number of ether oxygens (including phenoxy) is 1. The number of rotatable bonds is 6. The van der Waals surface area contributed by atoms with Gasteiger partial charge in [0.1, 0.15) is 6.61 Å². The molecule has 0 fully saturated rings. The summed E-state index contributed by atoms with van der Waals surface area (Å²) in [6.45, 7) is 5.04. The Labute approximate surface area is 96.6 Å². The number of halogens is 1. The largest absolute Gasteiger partial charge is 0.489 e. The third-order valence-corrected chi connectivity index (χ3v) is 2.68. The molecule has 3 heteroatoms. The zero-order chi connectivity index (χ0) is 12.0. The minimum atomic E-state index is -0.297. The lowest BCUT2D eigenvalue weighted by atomic mass is 9.98. The Morgan fingerprint density at radius 1 is 1.44 bits per heavy atom. The molecule has 1 aromatic rings. The van der Waals surface area contributed by atoms with Crippen LogP contribution in [0.15, 0.2) is 18.2 Å². The van der Waals surface area contributed by atoms with Crippen LogP contribution < -0.4 is 10.5 Å². The van der Waals surface area contributed by atoms with Gasteiger partial charge in [-0.1, -0.05) is 32.4 Å². The molecule has 0 radical (unpaired) electrons. The second-order valence-corrected chi connectivity index (χ2v) is 4.08. The molecular weight excluding hydrogens is 205 g/mol. The zero-order valence-electron chi connectivity index (χ0n) is 10.0. The van der Waals surface area contributed by atoms with Crippen molar-refractivity contribution in [2.45, 2.75) is 26.7 Å². The maximum atomic E-state index is 13.6. The molecule has 0 saturated heterocycles. The van der Waals surface area contributed by atoms with Crippen molar-refractivity contribution in [3.63, 3.8) is 0 Å². The standard InChI is InChI=1S/C13H20FNO/c1-3-10(2)9-11-5-4-6-12(14)13(11)16-8-7-15/h4-6,10H,3,7-9,15H2,1-2H3/t10-/m1/s1. The molecule has 1 rings (SSSR count). The lowest BCUT2D eigenvalue weighted by molar-refractivity contribution is 0.305. The first-order chi connectivity index (χ1) is 7.69. The fraction of sp³-hybridized carbons (Fsp3) is 0.538. The van der Waals surface area contributed by atoms with E-state index in [9.17, 15) is 4.39 Å². The molecular formula is C13H20FNO. The van der Waals surface area contributed by atoms with Gasteiger partial charge in [-0.05, 0) is 24.0 Å². The highest BCUT2D eigenvalue weighted by Crippen LogP contribution is 2.25. The fourth-order valence-electron chi connectivity index (χ4n) is 1.56. The van der Waals surface area contributed by atoms with Gasteiger partial charge >= 0.3 is 0 Å². The molecule has 2 nitrogen and oxygen atoms in total. The molecule has 0 spiro atoms. The number of hydrogen-bond donors (Lipinski definition) is 1. The highest BCUT2D eigenvalue weighted by molar-refractivity contribution is 5.35. The predicted octanol–water partition coefficient (Wildman–Crippen LogP) is 2.75. The molecule has 0 aromatic heterocycles. The zero-order valence-corrected chi connectivity index (χ0v) is 10.0. The Morgan fingerprint density at radius 2 is 2.19 bits per heavy atom. The summed E-state index contributed by atoms with van der Waals surface area (Å²) in [5.74, 6) is 0.601. The molecule has 0 amide bonds. The quantitative estimate of drug-likeness (QED) is 0.808. The Hall–Kier alpha value is -1.09. The summed E-state index contributed by atoms with van der Waals surface area (Å²) in [6.07, 6.45) is 1.92. The van der Waals surface area contributed by atoms with E-state index in [0.717, 1.165) is 18.4 Å². The first-order valence-electron chi connectivity index (χ1n) is 5.79. The van der Waals surface area contributed by atoms with E-state index in [-0.39, 0.29) is 5.82 Å². The van der Waals surface area contributed by atoms with Crippen molar-refractivity contribution in [3.8, 4) is 5.75 Å². The third kappa shape index (κ3) is 3.49. The van der Waals surface area contributed by atoms with Crippen molar-refractivity contribution in [1.29, 1.82) is 0 Å². The second-order valence-electron chi connectivity index (χ2n) is 4.08. The smallest absolute Gasteiger partial charge is 0.165 e. The summed E-state index contributed by atoms with van der Waals surface area (Å²) in [7, 11) is 0. The SMILES string of the molecule is CC[C@@H](C)Cc1cccc(F)c1OCCN. The topological polar surface area (TPSA) is 35.2 Å². The minimum absolute atomic E-state index is 0.297. The van der Waals surface area contributed by atoms with Crippen LogP contribution in [0.1, 0.15) is 25.8 Å². The van der Waals surface area contributed by atoms with Gasteiger partial charge in [-0.2, -0.15) is 0 Å². The summed E-state index contributed by atoms with van der Waals surface area (Å²) >= 11 is 0. The molecule has 90 valence electrons. The Balaban J connectivity index is 2.84. The number of para-hydroxylation sites is 1. The van der Waals surface area contributed by atoms with Crippen LogP contribution in [-0.2, 0) is 6.42 Å². The van der Waals surface area contributed by atoms with Crippen LogP contribution in [0.25, 0.3) is 0 Å². The van der Waals surface area contributed by atoms with Gasteiger partial charge in [-0.3, -0.25) is 0 Å². The van der Waals surface area contributed by atoms with E-state index >= 15 is 0 Å². The van der Waals surface area contributed by atoms with Crippen molar-refractivity contribution in [3.05, 3.63) is 29.6 Å². The van der Waals surface area contributed by atoms with Crippen molar-refractivity contribution in [2.24, 2.45) is 11.7 Å². The van der Waals surface area contributed by atoms with Gasteiger partial charge in [0.15, 0.2) is 11.6 Å². The van der Waals surface area contributed by atoms with E-state index in [1.165, 1.54) is 6.07 Å². The summed E-state index contributed by atoms with van der Waals surface area (Å²) in [4.78, 5) is 0. The molecule has 0 saturated carbocycles. The lowest BCUT2D eigenvalue weighted by Gasteiger charge is -2.14. The first-order valence-corrected chi connectivity index (χ1v) is 5.79. The van der Waals surface area contributed by atoms with E-state index in [0.29, 0.717) is 24.8 Å². The van der Waals surface area contributed by atoms with Crippen LogP contribution in [0.2, 0.25) is 0 Å².